The van der Waals surface area contributed by atoms with Crippen molar-refractivity contribution in [1.29, 1.82) is 0 Å². The summed E-state index contributed by atoms with van der Waals surface area (Å²) < 4.78 is 7.93. The zero-order chi connectivity index (χ0) is 24.5. The molecule has 1 aliphatic heterocycles. The number of carbonyl (C=O) groups is 1. The third-order valence-electron chi connectivity index (χ3n) is 6.85. The fourth-order valence-corrected chi connectivity index (χ4v) is 5.76. The summed E-state index contributed by atoms with van der Waals surface area (Å²) in [7, 11) is 8.38. The number of likely N-dealkylation sites (tertiary alicyclic amines) is 1. The molecule has 182 valence electrons. The fourth-order valence-electron chi connectivity index (χ4n) is 5.09. The van der Waals surface area contributed by atoms with Gasteiger partial charge in [-0.2, -0.15) is 0 Å². The van der Waals surface area contributed by atoms with Crippen molar-refractivity contribution >= 4 is 38.5 Å². The first-order valence-electron chi connectivity index (χ1n) is 11.7. The molecule has 1 saturated heterocycles. The summed E-state index contributed by atoms with van der Waals surface area (Å²) in [4.78, 5) is 27.9. The van der Waals surface area contributed by atoms with E-state index in [1.807, 2.05) is 43.5 Å². The SMILES string of the molecule is CN(C)/C=C\c1c(OC2CC3(C2)CN(CCCc2cc(=O)n(C)cc2P)C3)ccc(Cl)c1C=O. The van der Waals surface area contributed by atoms with Crippen LogP contribution in [0.3, 0.4) is 0 Å². The number of carbonyl (C=O) groups excluding carboxylic acids is 1. The number of benzene rings is 1. The van der Waals surface area contributed by atoms with E-state index in [9.17, 15) is 9.59 Å². The van der Waals surface area contributed by atoms with Crippen molar-refractivity contribution in [1.82, 2.24) is 14.4 Å². The maximum atomic E-state index is 11.9. The van der Waals surface area contributed by atoms with Crippen LogP contribution in [0.5, 0.6) is 5.75 Å². The van der Waals surface area contributed by atoms with Gasteiger partial charge in [0.2, 0.25) is 0 Å². The minimum Gasteiger partial charge on any atom is -0.490 e. The maximum Gasteiger partial charge on any atom is 0.250 e. The van der Waals surface area contributed by atoms with Gasteiger partial charge in [0.1, 0.15) is 5.75 Å². The third kappa shape index (κ3) is 5.40. The van der Waals surface area contributed by atoms with Crippen LogP contribution in [0.2, 0.25) is 5.02 Å². The van der Waals surface area contributed by atoms with Crippen molar-refractivity contribution < 1.29 is 9.53 Å². The summed E-state index contributed by atoms with van der Waals surface area (Å²) in [6, 6.07) is 5.35. The van der Waals surface area contributed by atoms with Gasteiger partial charge in [0.15, 0.2) is 6.29 Å². The van der Waals surface area contributed by atoms with Crippen molar-refractivity contribution in [3.05, 3.63) is 62.7 Å². The van der Waals surface area contributed by atoms with Crippen LogP contribution in [-0.2, 0) is 13.5 Å². The van der Waals surface area contributed by atoms with Crippen LogP contribution in [0.15, 0.2) is 35.4 Å². The van der Waals surface area contributed by atoms with Gasteiger partial charge in [-0.05, 0) is 67.5 Å². The molecule has 0 radical (unpaired) electrons. The molecule has 1 spiro atoms. The highest BCUT2D eigenvalue weighted by Gasteiger charge is 2.53. The molecular formula is C26H33ClN3O3P. The Kier molecular flexibility index (Phi) is 7.51. The third-order valence-corrected chi connectivity index (χ3v) is 7.70. The van der Waals surface area contributed by atoms with Crippen LogP contribution in [0.25, 0.3) is 6.08 Å². The number of rotatable bonds is 9. The number of ether oxygens (including phenoxy) is 1. The summed E-state index contributed by atoms with van der Waals surface area (Å²) in [5.74, 6) is 0.711. The Bertz CT molecular complexity index is 1150. The Hall–Kier alpha value is -2.14. The Balaban J connectivity index is 1.27. The quantitative estimate of drug-likeness (QED) is 0.389. The Labute approximate surface area is 208 Å². The molecule has 0 amide bonds. The standard InChI is InChI=1S/C26H33ClN3O3P/c1-28(2)10-8-20-21(15-31)22(27)6-7-23(20)33-19-12-26(13-19)16-30(17-26)9-4-5-18-11-25(32)29(3)14-24(18)34/h6-8,10-11,14-15,19H,4-5,9,12-13,16-17,34H2,1-3H3/b10-8-. The molecular weight excluding hydrogens is 469 g/mol. The van der Waals surface area contributed by atoms with E-state index in [1.165, 1.54) is 0 Å². The van der Waals surface area contributed by atoms with E-state index in [1.54, 1.807) is 23.7 Å². The zero-order valence-corrected chi connectivity index (χ0v) is 22.0. The number of aryl methyl sites for hydroxylation is 2. The lowest BCUT2D eigenvalue weighted by Gasteiger charge is -2.58. The first-order valence-corrected chi connectivity index (χ1v) is 12.6. The molecule has 4 rings (SSSR count). The van der Waals surface area contributed by atoms with Crippen molar-refractivity contribution in [2.45, 2.75) is 31.8 Å². The number of pyridine rings is 1. The highest BCUT2D eigenvalue weighted by Crippen LogP contribution is 2.50. The minimum absolute atomic E-state index is 0.0472. The Morgan fingerprint density at radius 2 is 2.00 bits per heavy atom. The van der Waals surface area contributed by atoms with Gasteiger partial charge in [0.05, 0.1) is 11.1 Å². The summed E-state index contributed by atoms with van der Waals surface area (Å²) in [5, 5.41) is 1.53. The molecule has 34 heavy (non-hydrogen) atoms. The second-order valence-corrected chi connectivity index (χ2v) is 11.0. The van der Waals surface area contributed by atoms with Gasteiger partial charge >= 0.3 is 0 Å². The topological polar surface area (TPSA) is 54.8 Å². The monoisotopic (exact) mass is 501 g/mol. The fraction of sp³-hybridized carbons (Fsp3) is 0.462. The predicted molar refractivity (Wildman–Crippen MR) is 141 cm³/mol. The number of nitrogens with zero attached hydrogens (tertiary/aromatic N) is 3. The Morgan fingerprint density at radius 1 is 1.26 bits per heavy atom. The number of aldehydes is 1. The molecule has 1 unspecified atom stereocenters. The van der Waals surface area contributed by atoms with Crippen molar-refractivity contribution in [3.8, 4) is 5.75 Å². The van der Waals surface area contributed by atoms with E-state index in [4.69, 9.17) is 16.3 Å². The molecule has 8 heteroatoms. The summed E-state index contributed by atoms with van der Waals surface area (Å²) in [6.45, 7) is 3.25. The maximum absolute atomic E-state index is 11.9. The van der Waals surface area contributed by atoms with E-state index in [2.05, 4.69) is 14.1 Å². The Morgan fingerprint density at radius 3 is 2.68 bits per heavy atom. The van der Waals surface area contributed by atoms with Crippen LogP contribution >= 0.6 is 20.8 Å². The van der Waals surface area contributed by atoms with E-state index < -0.39 is 0 Å². The second kappa shape index (κ2) is 10.2. The van der Waals surface area contributed by atoms with Gasteiger partial charge < -0.3 is 19.1 Å². The van der Waals surface area contributed by atoms with Crippen molar-refractivity contribution in [2.24, 2.45) is 12.5 Å². The first-order chi connectivity index (χ1) is 16.2. The molecule has 2 aliphatic rings. The lowest BCUT2D eigenvalue weighted by Crippen LogP contribution is -2.64. The molecule has 2 fully saturated rings. The first kappa shape index (κ1) is 25.0. The van der Waals surface area contributed by atoms with E-state index in [-0.39, 0.29) is 11.7 Å². The van der Waals surface area contributed by atoms with Gasteiger partial charge in [-0.1, -0.05) is 11.6 Å². The van der Waals surface area contributed by atoms with Crippen molar-refractivity contribution in [3.63, 3.8) is 0 Å². The molecule has 0 N–H and O–H groups in total. The van der Waals surface area contributed by atoms with E-state index >= 15 is 0 Å². The normalized spacial score (nSPS) is 17.6. The smallest absolute Gasteiger partial charge is 0.250 e. The zero-order valence-electron chi connectivity index (χ0n) is 20.1. The molecule has 1 saturated carbocycles. The molecule has 1 atom stereocenters. The minimum atomic E-state index is 0.0472. The summed E-state index contributed by atoms with van der Waals surface area (Å²) in [5.41, 5.74) is 2.73. The van der Waals surface area contributed by atoms with Gasteiger partial charge in [-0.25, -0.2) is 0 Å². The number of aromatic nitrogens is 1. The molecule has 2 aromatic rings. The van der Waals surface area contributed by atoms with E-state index in [0.29, 0.717) is 21.8 Å². The highest BCUT2D eigenvalue weighted by atomic mass is 35.5. The van der Waals surface area contributed by atoms with Crippen LogP contribution in [0, 0.1) is 5.41 Å². The average Bonchev–Trinajstić information content (AvgIpc) is 2.73. The van der Waals surface area contributed by atoms with Crippen molar-refractivity contribution in [2.75, 3.05) is 33.7 Å². The second-order valence-electron chi connectivity index (χ2n) is 9.94. The molecule has 2 heterocycles. The van der Waals surface area contributed by atoms with E-state index in [0.717, 1.165) is 68.0 Å². The van der Waals surface area contributed by atoms with Crippen LogP contribution < -0.4 is 15.6 Å². The van der Waals surface area contributed by atoms with Gasteiger partial charge in [0, 0.05) is 63.0 Å². The molecule has 1 aromatic carbocycles. The number of halogens is 1. The number of hydrogen-bond acceptors (Lipinski definition) is 5. The molecule has 6 nitrogen and oxygen atoms in total. The summed E-state index contributed by atoms with van der Waals surface area (Å²) in [6.07, 6.45) is 10.6. The lowest BCUT2D eigenvalue weighted by molar-refractivity contribution is -0.119. The van der Waals surface area contributed by atoms with Crippen LogP contribution in [0.4, 0.5) is 0 Å². The summed E-state index contributed by atoms with van der Waals surface area (Å²) >= 11 is 6.24. The highest BCUT2D eigenvalue weighted by molar-refractivity contribution is 7.27. The molecule has 1 aliphatic carbocycles. The average molecular weight is 502 g/mol. The van der Waals surface area contributed by atoms with Gasteiger partial charge in [-0.3, -0.25) is 9.59 Å². The largest absolute Gasteiger partial charge is 0.490 e. The predicted octanol–water partition coefficient (Wildman–Crippen LogP) is 3.36. The number of hydrogen-bond donors (Lipinski definition) is 0. The van der Waals surface area contributed by atoms with Gasteiger partial charge in [0.25, 0.3) is 5.56 Å². The van der Waals surface area contributed by atoms with Crippen LogP contribution in [-0.4, -0.2) is 60.5 Å². The molecule has 0 bridgehead atoms. The van der Waals surface area contributed by atoms with Gasteiger partial charge in [-0.15, -0.1) is 9.24 Å². The molecule has 1 aromatic heterocycles. The van der Waals surface area contributed by atoms with Crippen LogP contribution in [0.1, 0.15) is 40.7 Å². The lowest BCUT2D eigenvalue weighted by atomic mass is 9.61.